The number of thiazole rings is 1. The van der Waals surface area contributed by atoms with Gasteiger partial charge in [0.15, 0.2) is 5.13 Å². The van der Waals surface area contributed by atoms with Gasteiger partial charge in [0.25, 0.3) is 0 Å². The topological polar surface area (TPSA) is 97.1 Å². The molecule has 4 N–H and O–H groups in total. The quantitative estimate of drug-likeness (QED) is 0.705. The minimum atomic E-state index is -0.359. The number of rotatable bonds is 5. The summed E-state index contributed by atoms with van der Waals surface area (Å²) in [6, 6.07) is 0. The number of hydrogen-bond donors (Lipinski definition) is 3. The molecule has 0 unspecified atom stereocenters. The fourth-order valence-corrected chi connectivity index (χ4v) is 1.91. The molecular weight excluding hydrogens is 240 g/mol. The second-order valence-corrected chi connectivity index (χ2v) is 4.62. The van der Waals surface area contributed by atoms with Crippen LogP contribution >= 0.6 is 11.3 Å². The Morgan fingerprint density at radius 2 is 2.18 bits per heavy atom. The van der Waals surface area contributed by atoms with Crippen molar-refractivity contribution in [1.29, 1.82) is 0 Å². The first kappa shape index (κ1) is 13.6. The third-order valence-electron chi connectivity index (χ3n) is 1.99. The summed E-state index contributed by atoms with van der Waals surface area (Å²) in [6.45, 7) is 3.85. The van der Waals surface area contributed by atoms with E-state index in [0.29, 0.717) is 11.0 Å². The van der Waals surface area contributed by atoms with Crippen LogP contribution in [0.5, 0.6) is 0 Å². The van der Waals surface area contributed by atoms with Crippen molar-refractivity contribution < 1.29 is 9.59 Å². The number of carbonyl (C=O) groups excluding carboxylic acids is 2. The molecule has 0 radical (unpaired) electrons. The van der Waals surface area contributed by atoms with Gasteiger partial charge in [-0.2, -0.15) is 0 Å². The van der Waals surface area contributed by atoms with Gasteiger partial charge < -0.3 is 16.4 Å². The van der Waals surface area contributed by atoms with E-state index in [9.17, 15) is 9.59 Å². The molecule has 0 bridgehead atoms. The zero-order chi connectivity index (χ0) is 12.8. The highest BCUT2D eigenvalue weighted by molar-refractivity contribution is 7.13. The van der Waals surface area contributed by atoms with Gasteiger partial charge in [0.2, 0.25) is 11.8 Å². The predicted octanol–water partition coefficient (Wildman–Crippen LogP) is 0.280. The number of aromatic nitrogens is 1. The predicted molar refractivity (Wildman–Crippen MR) is 66.9 cm³/mol. The zero-order valence-corrected chi connectivity index (χ0v) is 10.6. The fraction of sp³-hybridized carbons (Fsp3) is 0.500. The molecule has 0 aliphatic rings. The molecule has 0 atom stereocenters. The van der Waals surface area contributed by atoms with Crippen LogP contribution in [0.4, 0.5) is 5.13 Å². The number of nitrogens with zero attached hydrogens (tertiary/aromatic N) is 1. The van der Waals surface area contributed by atoms with Crippen molar-refractivity contribution in [2.45, 2.75) is 19.8 Å². The molecule has 0 saturated heterocycles. The summed E-state index contributed by atoms with van der Waals surface area (Å²) >= 11 is 1.37. The number of amides is 2. The van der Waals surface area contributed by atoms with Gasteiger partial charge in [0, 0.05) is 5.38 Å². The summed E-state index contributed by atoms with van der Waals surface area (Å²) < 4.78 is 0. The van der Waals surface area contributed by atoms with E-state index in [1.807, 2.05) is 19.2 Å². The molecule has 7 heteroatoms. The summed E-state index contributed by atoms with van der Waals surface area (Å²) in [4.78, 5) is 26.5. The normalized spacial score (nSPS) is 10.4. The standard InChI is InChI=1S/C10H16N4O2S/c1-6(2)7-5-17-10(13-7)14-9(16)4-12-8(15)3-11/h5-6H,3-4,11H2,1-2H3,(H,12,15)(H,13,14,16). The largest absolute Gasteiger partial charge is 0.346 e. The summed E-state index contributed by atoms with van der Waals surface area (Å²) in [5.41, 5.74) is 6.03. The van der Waals surface area contributed by atoms with E-state index in [1.165, 1.54) is 11.3 Å². The summed E-state index contributed by atoms with van der Waals surface area (Å²) in [7, 11) is 0. The van der Waals surface area contributed by atoms with Crippen LogP contribution in [0.15, 0.2) is 5.38 Å². The molecular formula is C10H16N4O2S. The minimum Gasteiger partial charge on any atom is -0.346 e. The van der Waals surface area contributed by atoms with Crippen molar-refractivity contribution in [3.8, 4) is 0 Å². The van der Waals surface area contributed by atoms with Gasteiger partial charge >= 0.3 is 0 Å². The summed E-state index contributed by atoms with van der Waals surface area (Å²) in [6.07, 6.45) is 0. The SMILES string of the molecule is CC(C)c1csc(NC(=O)CNC(=O)CN)n1. The first-order valence-electron chi connectivity index (χ1n) is 5.25. The van der Waals surface area contributed by atoms with E-state index in [0.717, 1.165) is 5.69 Å². The van der Waals surface area contributed by atoms with E-state index < -0.39 is 0 Å². The van der Waals surface area contributed by atoms with Gasteiger partial charge in [-0.05, 0) is 5.92 Å². The molecule has 1 aromatic rings. The Morgan fingerprint density at radius 1 is 1.47 bits per heavy atom. The lowest BCUT2D eigenvalue weighted by molar-refractivity contribution is -0.123. The number of hydrogen-bond acceptors (Lipinski definition) is 5. The molecule has 0 saturated carbocycles. The highest BCUT2D eigenvalue weighted by Crippen LogP contribution is 2.21. The molecule has 2 amide bonds. The van der Waals surface area contributed by atoms with E-state index in [1.54, 1.807) is 0 Å². The molecule has 17 heavy (non-hydrogen) atoms. The Kier molecular flexibility index (Phi) is 5.05. The summed E-state index contributed by atoms with van der Waals surface area (Å²) in [5, 5.41) is 7.44. The maximum atomic E-state index is 11.4. The maximum Gasteiger partial charge on any atom is 0.245 e. The van der Waals surface area contributed by atoms with E-state index in [2.05, 4.69) is 15.6 Å². The molecule has 94 valence electrons. The zero-order valence-electron chi connectivity index (χ0n) is 9.82. The Hall–Kier alpha value is -1.47. The molecule has 0 aliphatic heterocycles. The number of nitrogens with two attached hydrogens (primary N) is 1. The van der Waals surface area contributed by atoms with Crippen molar-refractivity contribution >= 4 is 28.3 Å². The van der Waals surface area contributed by atoms with Gasteiger partial charge in [-0.15, -0.1) is 11.3 Å². The highest BCUT2D eigenvalue weighted by atomic mass is 32.1. The second-order valence-electron chi connectivity index (χ2n) is 3.76. The van der Waals surface area contributed by atoms with Crippen molar-refractivity contribution in [2.24, 2.45) is 5.73 Å². The highest BCUT2D eigenvalue weighted by Gasteiger charge is 2.09. The van der Waals surface area contributed by atoms with Crippen molar-refractivity contribution in [3.05, 3.63) is 11.1 Å². The van der Waals surface area contributed by atoms with Crippen LogP contribution in [-0.4, -0.2) is 29.9 Å². The molecule has 0 fully saturated rings. The van der Waals surface area contributed by atoms with Crippen molar-refractivity contribution in [2.75, 3.05) is 18.4 Å². The second kappa shape index (κ2) is 6.31. The number of carbonyl (C=O) groups is 2. The molecule has 0 aromatic carbocycles. The Labute approximate surface area is 104 Å². The van der Waals surface area contributed by atoms with Gasteiger partial charge in [-0.25, -0.2) is 4.98 Å². The molecule has 1 heterocycles. The van der Waals surface area contributed by atoms with Gasteiger partial charge in [0.1, 0.15) is 0 Å². The Morgan fingerprint density at radius 3 is 2.71 bits per heavy atom. The average Bonchev–Trinajstić information content (AvgIpc) is 2.74. The lowest BCUT2D eigenvalue weighted by Gasteiger charge is -2.03. The lowest BCUT2D eigenvalue weighted by atomic mass is 10.2. The van der Waals surface area contributed by atoms with Crippen LogP contribution in [0, 0.1) is 0 Å². The van der Waals surface area contributed by atoms with Crippen molar-refractivity contribution in [1.82, 2.24) is 10.3 Å². The molecule has 0 aliphatic carbocycles. The van der Waals surface area contributed by atoms with Gasteiger partial charge in [0.05, 0.1) is 18.8 Å². The maximum absolute atomic E-state index is 11.4. The van der Waals surface area contributed by atoms with Crippen molar-refractivity contribution in [3.63, 3.8) is 0 Å². The first-order chi connectivity index (χ1) is 8.02. The van der Waals surface area contributed by atoms with E-state index in [4.69, 9.17) is 5.73 Å². The molecule has 1 rings (SSSR count). The fourth-order valence-electron chi connectivity index (χ4n) is 1.02. The van der Waals surface area contributed by atoms with Crippen LogP contribution in [-0.2, 0) is 9.59 Å². The van der Waals surface area contributed by atoms with Gasteiger partial charge in [-0.1, -0.05) is 13.8 Å². The lowest BCUT2D eigenvalue weighted by Crippen LogP contribution is -2.36. The average molecular weight is 256 g/mol. The number of nitrogens with one attached hydrogen (secondary N) is 2. The first-order valence-corrected chi connectivity index (χ1v) is 6.13. The molecule has 0 spiro atoms. The minimum absolute atomic E-state index is 0.0906. The smallest absolute Gasteiger partial charge is 0.245 e. The van der Waals surface area contributed by atoms with Crippen LogP contribution in [0.2, 0.25) is 0 Å². The number of anilines is 1. The van der Waals surface area contributed by atoms with Crippen LogP contribution < -0.4 is 16.4 Å². The molecule has 6 nitrogen and oxygen atoms in total. The molecule has 1 aromatic heterocycles. The van der Waals surface area contributed by atoms with Crippen LogP contribution in [0.25, 0.3) is 0 Å². The monoisotopic (exact) mass is 256 g/mol. The van der Waals surface area contributed by atoms with Crippen LogP contribution in [0.1, 0.15) is 25.5 Å². The summed E-state index contributed by atoms with van der Waals surface area (Å²) in [5.74, 6) is -0.340. The van der Waals surface area contributed by atoms with Gasteiger partial charge in [-0.3, -0.25) is 9.59 Å². The van der Waals surface area contributed by atoms with E-state index in [-0.39, 0.29) is 24.9 Å². The van der Waals surface area contributed by atoms with Crippen LogP contribution in [0.3, 0.4) is 0 Å². The third kappa shape index (κ3) is 4.49. The third-order valence-corrected chi connectivity index (χ3v) is 2.77. The van der Waals surface area contributed by atoms with E-state index >= 15 is 0 Å². The Bertz CT molecular complexity index is 403. The Balaban J connectivity index is 2.42.